The van der Waals surface area contributed by atoms with E-state index in [1.54, 1.807) is 36.2 Å². The predicted molar refractivity (Wildman–Crippen MR) is 92.0 cm³/mol. The van der Waals surface area contributed by atoms with Crippen LogP contribution in [0.4, 0.5) is 0 Å². The summed E-state index contributed by atoms with van der Waals surface area (Å²) < 4.78 is 5.11. The molecule has 0 saturated heterocycles. The molecular formula is C17H20N2O4S. The summed E-state index contributed by atoms with van der Waals surface area (Å²) in [7, 11) is 1.74. The molecule has 0 aliphatic carbocycles. The minimum absolute atomic E-state index is 0.0223. The molecule has 0 bridgehead atoms. The number of aromatic nitrogens is 1. The maximum Gasteiger partial charge on any atom is 0.335 e. The zero-order valence-electron chi connectivity index (χ0n) is 13.9. The van der Waals surface area contributed by atoms with Gasteiger partial charge in [-0.1, -0.05) is 17.3 Å². The van der Waals surface area contributed by atoms with E-state index in [0.29, 0.717) is 18.1 Å². The molecule has 2 rings (SSSR count). The van der Waals surface area contributed by atoms with Crippen LogP contribution >= 0.6 is 11.8 Å². The van der Waals surface area contributed by atoms with Crippen LogP contribution in [-0.2, 0) is 17.1 Å². The van der Waals surface area contributed by atoms with E-state index in [1.165, 1.54) is 11.8 Å². The zero-order chi connectivity index (χ0) is 17.7. The summed E-state index contributed by atoms with van der Waals surface area (Å²) >= 11 is 1.52. The number of aromatic carboxylic acids is 1. The van der Waals surface area contributed by atoms with Crippen molar-refractivity contribution in [2.75, 3.05) is 12.8 Å². The maximum atomic E-state index is 12.2. The van der Waals surface area contributed by atoms with Crippen LogP contribution in [0.1, 0.15) is 32.9 Å². The first-order valence-corrected chi connectivity index (χ1v) is 8.59. The molecule has 128 valence electrons. The number of hydrogen-bond acceptors (Lipinski definition) is 5. The van der Waals surface area contributed by atoms with E-state index in [-0.39, 0.29) is 11.5 Å². The van der Waals surface area contributed by atoms with Crippen molar-refractivity contribution < 1.29 is 19.2 Å². The molecule has 24 heavy (non-hydrogen) atoms. The van der Waals surface area contributed by atoms with Crippen molar-refractivity contribution in [2.45, 2.75) is 26.1 Å². The topological polar surface area (TPSA) is 83.6 Å². The highest BCUT2D eigenvalue weighted by atomic mass is 32.2. The Bertz CT molecular complexity index is 705. The monoisotopic (exact) mass is 348 g/mol. The summed E-state index contributed by atoms with van der Waals surface area (Å²) in [6.45, 7) is 4.20. The van der Waals surface area contributed by atoms with Crippen molar-refractivity contribution in [1.82, 2.24) is 10.1 Å². The number of benzene rings is 1. The van der Waals surface area contributed by atoms with Gasteiger partial charge in [0.2, 0.25) is 5.91 Å². The summed E-state index contributed by atoms with van der Waals surface area (Å²) in [5.74, 6) is 0.914. The highest BCUT2D eigenvalue weighted by molar-refractivity contribution is 7.99. The normalized spacial score (nSPS) is 10.6. The van der Waals surface area contributed by atoms with Crippen LogP contribution in [0, 0.1) is 13.8 Å². The lowest BCUT2D eigenvalue weighted by Gasteiger charge is -2.17. The van der Waals surface area contributed by atoms with E-state index >= 15 is 0 Å². The van der Waals surface area contributed by atoms with Crippen LogP contribution < -0.4 is 0 Å². The number of aryl methyl sites for hydroxylation is 2. The van der Waals surface area contributed by atoms with Crippen LogP contribution in [0.2, 0.25) is 0 Å². The number of carboxylic acids is 1. The number of amides is 1. The molecular weight excluding hydrogens is 328 g/mol. The molecule has 2 aromatic rings. The van der Waals surface area contributed by atoms with Crippen molar-refractivity contribution in [1.29, 1.82) is 0 Å². The van der Waals surface area contributed by atoms with Gasteiger partial charge in [-0.2, -0.15) is 0 Å². The number of carbonyl (C=O) groups is 2. The summed E-state index contributed by atoms with van der Waals surface area (Å²) in [6, 6.07) is 6.54. The molecule has 0 aliphatic rings. The molecule has 0 aliphatic heterocycles. The Hall–Kier alpha value is -2.28. The van der Waals surface area contributed by atoms with Gasteiger partial charge in [-0.05, 0) is 31.5 Å². The molecule has 1 aromatic carbocycles. The molecule has 1 N–H and O–H groups in total. The lowest BCUT2D eigenvalue weighted by atomic mass is 10.1. The van der Waals surface area contributed by atoms with Gasteiger partial charge in [-0.15, -0.1) is 11.8 Å². The minimum Gasteiger partial charge on any atom is -0.478 e. The Labute approximate surface area is 144 Å². The molecule has 1 heterocycles. The van der Waals surface area contributed by atoms with E-state index in [9.17, 15) is 9.59 Å². The van der Waals surface area contributed by atoms with Gasteiger partial charge in [0.25, 0.3) is 0 Å². The number of hydrogen-bond donors (Lipinski definition) is 1. The third kappa shape index (κ3) is 4.61. The number of carbonyl (C=O) groups excluding carboxylic acids is 1. The second-order valence-corrected chi connectivity index (χ2v) is 6.53. The largest absolute Gasteiger partial charge is 0.478 e. The molecule has 0 unspecified atom stereocenters. The molecule has 1 aromatic heterocycles. The van der Waals surface area contributed by atoms with Crippen molar-refractivity contribution in [3.05, 3.63) is 52.4 Å². The van der Waals surface area contributed by atoms with Crippen molar-refractivity contribution in [3.63, 3.8) is 0 Å². The average Bonchev–Trinajstić information content (AvgIpc) is 2.87. The number of carboxylic acid groups (broad SMARTS) is 1. The fourth-order valence-electron chi connectivity index (χ4n) is 2.17. The SMILES string of the molecule is Cc1noc(C)c1CSCC(=O)N(C)Cc1ccc(C(=O)O)cc1. The fraction of sp³-hybridized carbons (Fsp3) is 0.353. The smallest absolute Gasteiger partial charge is 0.335 e. The van der Waals surface area contributed by atoms with Crippen LogP contribution in [-0.4, -0.2) is 39.8 Å². The zero-order valence-corrected chi connectivity index (χ0v) is 14.7. The fourth-order valence-corrected chi connectivity index (χ4v) is 3.29. The lowest BCUT2D eigenvalue weighted by Crippen LogP contribution is -2.27. The first-order valence-electron chi connectivity index (χ1n) is 7.44. The van der Waals surface area contributed by atoms with Gasteiger partial charge in [0, 0.05) is 24.9 Å². The van der Waals surface area contributed by atoms with Crippen LogP contribution in [0.5, 0.6) is 0 Å². The van der Waals surface area contributed by atoms with Crippen molar-refractivity contribution in [2.24, 2.45) is 0 Å². The van der Waals surface area contributed by atoms with E-state index in [4.69, 9.17) is 9.63 Å². The van der Waals surface area contributed by atoms with Gasteiger partial charge in [0.1, 0.15) is 5.76 Å². The number of rotatable bonds is 7. The van der Waals surface area contributed by atoms with Gasteiger partial charge in [-0.3, -0.25) is 4.79 Å². The molecule has 6 nitrogen and oxygen atoms in total. The standard InChI is InChI=1S/C17H20N2O4S/c1-11-15(12(2)23-18-11)9-24-10-16(20)19(3)8-13-4-6-14(7-5-13)17(21)22/h4-7H,8-10H2,1-3H3,(H,21,22). The first-order chi connectivity index (χ1) is 11.4. The summed E-state index contributed by atoms with van der Waals surface area (Å²) in [5.41, 5.74) is 3.04. The number of thioether (sulfide) groups is 1. The Morgan fingerprint density at radius 2 is 1.92 bits per heavy atom. The van der Waals surface area contributed by atoms with Crippen LogP contribution in [0.15, 0.2) is 28.8 Å². The molecule has 1 amide bonds. The molecule has 7 heteroatoms. The maximum absolute atomic E-state index is 12.2. The van der Waals surface area contributed by atoms with Crippen molar-refractivity contribution >= 4 is 23.6 Å². The van der Waals surface area contributed by atoms with Gasteiger partial charge in [-0.25, -0.2) is 4.79 Å². The molecule has 0 atom stereocenters. The number of nitrogens with zero attached hydrogens (tertiary/aromatic N) is 2. The van der Waals surface area contributed by atoms with E-state index in [0.717, 1.165) is 22.6 Å². The van der Waals surface area contributed by atoms with Crippen LogP contribution in [0.25, 0.3) is 0 Å². The third-order valence-electron chi connectivity index (χ3n) is 3.70. The van der Waals surface area contributed by atoms with Crippen LogP contribution in [0.3, 0.4) is 0 Å². The predicted octanol–water partition coefficient (Wildman–Crippen LogP) is 2.88. The van der Waals surface area contributed by atoms with Gasteiger partial charge >= 0.3 is 5.97 Å². The molecule has 0 spiro atoms. The molecule has 0 radical (unpaired) electrons. The first kappa shape index (κ1) is 18.1. The lowest BCUT2D eigenvalue weighted by molar-refractivity contribution is -0.127. The Morgan fingerprint density at radius 3 is 2.46 bits per heavy atom. The second kappa shape index (κ2) is 8.01. The highest BCUT2D eigenvalue weighted by Gasteiger charge is 2.13. The quantitative estimate of drug-likeness (QED) is 0.828. The van der Waals surface area contributed by atoms with E-state index in [1.807, 2.05) is 13.8 Å². The van der Waals surface area contributed by atoms with Crippen molar-refractivity contribution in [3.8, 4) is 0 Å². The van der Waals surface area contributed by atoms with Gasteiger partial charge in [0.15, 0.2) is 0 Å². The highest BCUT2D eigenvalue weighted by Crippen LogP contribution is 2.19. The van der Waals surface area contributed by atoms with E-state index in [2.05, 4.69) is 5.16 Å². The Balaban J connectivity index is 1.82. The minimum atomic E-state index is -0.957. The molecule has 0 saturated carbocycles. The molecule has 0 fully saturated rings. The third-order valence-corrected chi connectivity index (χ3v) is 4.64. The van der Waals surface area contributed by atoms with Gasteiger partial charge in [0.05, 0.1) is 17.0 Å². The second-order valence-electron chi connectivity index (χ2n) is 5.55. The average molecular weight is 348 g/mol. The Kier molecular flexibility index (Phi) is 6.03. The van der Waals surface area contributed by atoms with E-state index < -0.39 is 5.97 Å². The summed E-state index contributed by atoms with van der Waals surface area (Å²) in [4.78, 5) is 24.7. The summed E-state index contributed by atoms with van der Waals surface area (Å²) in [5, 5.41) is 12.8. The summed E-state index contributed by atoms with van der Waals surface area (Å²) in [6.07, 6.45) is 0. The van der Waals surface area contributed by atoms with Gasteiger partial charge < -0.3 is 14.5 Å². The Morgan fingerprint density at radius 1 is 1.25 bits per heavy atom.